The van der Waals surface area contributed by atoms with E-state index in [9.17, 15) is 0 Å². The van der Waals surface area contributed by atoms with E-state index in [1.54, 1.807) is 0 Å². The zero-order chi connectivity index (χ0) is 30.4. The first kappa shape index (κ1) is 24.0. The van der Waals surface area contributed by atoms with Gasteiger partial charge >= 0.3 is 0 Å². The van der Waals surface area contributed by atoms with E-state index in [1.807, 2.05) is 6.07 Å². The molecule has 8 aromatic carbocycles. The molecule has 0 fully saturated rings. The van der Waals surface area contributed by atoms with Gasteiger partial charge in [-0.1, -0.05) is 103 Å². The van der Waals surface area contributed by atoms with Crippen LogP contribution < -0.4 is 0 Å². The van der Waals surface area contributed by atoms with Crippen LogP contribution in [0.1, 0.15) is 0 Å². The van der Waals surface area contributed by atoms with E-state index in [4.69, 9.17) is 4.42 Å². The number of fused-ring (bicyclic) bond motifs is 5. The van der Waals surface area contributed by atoms with E-state index in [0.717, 1.165) is 27.6 Å². The van der Waals surface area contributed by atoms with Gasteiger partial charge in [0.1, 0.15) is 11.2 Å². The van der Waals surface area contributed by atoms with Crippen LogP contribution in [0.4, 0.5) is 0 Å². The molecule has 216 valence electrons. The molecule has 0 aliphatic heterocycles. The number of hydrogen-bond acceptors (Lipinski definition) is 1. The monoisotopic (exact) mass is 596 g/mol. The Bertz CT molecular complexity index is 3090. The van der Waals surface area contributed by atoms with Crippen LogP contribution in [-0.4, -0.2) is 8.97 Å². The van der Waals surface area contributed by atoms with Gasteiger partial charge in [0.2, 0.25) is 0 Å². The minimum atomic E-state index is 0.900. The number of nitrogens with zero attached hydrogens (tertiary/aromatic N) is 2. The zero-order valence-electron chi connectivity index (χ0n) is 25.2. The van der Waals surface area contributed by atoms with Crippen LogP contribution in [0.2, 0.25) is 0 Å². The van der Waals surface area contributed by atoms with Gasteiger partial charge in [-0.05, 0) is 75.1 Å². The van der Waals surface area contributed by atoms with Gasteiger partial charge in [0.05, 0.1) is 38.7 Å². The summed E-state index contributed by atoms with van der Waals surface area (Å²) in [6.07, 6.45) is 0. The molecule has 0 saturated heterocycles. The van der Waals surface area contributed by atoms with E-state index < -0.39 is 0 Å². The summed E-state index contributed by atoms with van der Waals surface area (Å²) < 4.78 is 11.5. The SMILES string of the molecule is c1ccc(-c2cc3c4cccc5ccc6c(c54)n4c3c(c2)c2cccc3ccc(c4c32)n6-c2cccc3oc4ccccc4c23)cc1. The van der Waals surface area contributed by atoms with Gasteiger partial charge < -0.3 is 13.4 Å². The second kappa shape index (κ2) is 8.28. The molecule has 4 heterocycles. The first-order valence-electron chi connectivity index (χ1n) is 16.2. The molecular weight excluding hydrogens is 572 g/mol. The minimum absolute atomic E-state index is 0.900. The van der Waals surface area contributed by atoms with Crippen molar-refractivity contribution in [1.29, 1.82) is 0 Å². The number of hydrogen-bond donors (Lipinski definition) is 0. The predicted octanol–water partition coefficient (Wildman–Crippen LogP) is 12.1. The molecule has 0 amide bonds. The maximum absolute atomic E-state index is 6.42. The molecule has 47 heavy (non-hydrogen) atoms. The molecule has 3 heteroatoms. The summed E-state index contributed by atoms with van der Waals surface area (Å²) in [6, 6.07) is 53.3. The smallest absolute Gasteiger partial charge is 0.137 e. The molecule has 4 aromatic heterocycles. The molecule has 0 atom stereocenters. The van der Waals surface area contributed by atoms with E-state index in [1.165, 1.54) is 81.8 Å². The molecule has 0 N–H and O–H groups in total. The van der Waals surface area contributed by atoms with Crippen LogP contribution in [0.5, 0.6) is 0 Å². The van der Waals surface area contributed by atoms with Gasteiger partial charge in [-0.15, -0.1) is 0 Å². The van der Waals surface area contributed by atoms with Crippen molar-refractivity contribution in [2.24, 2.45) is 0 Å². The summed E-state index contributed by atoms with van der Waals surface area (Å²) in [6.45, 7) is 0. The highest BCUT2D eigenvalue weighted by Crippen LogP contribution is 2.48. The molecule has 0 spiro atoms. The molecule has 0 bridgehead atoms. The minimum Gasteiger partial charge on any atom is -0.456 e. The van der Waals surface area contributed by atoms with Crippen molar-refractivity contribution < 1.29 is 4.42 Å². The van der Waals surface area contributed by atoms with Gasteiger partial charge in [0.15, 0.2) is 0 Å². The van der Waals surface area contributed by atoms with E-state index >= 15 is 0 Å². The highest BCUT2D eigenvalue weighted by Gasteiger charge is 2.25. The fourth-order valence-corrected chi connectivity index (χ4v) is 8.71. The normalized spacial score (nSPS) is 12.7. The maximum Gasteiger partial charge on any atom is 0.137 e. The van der Waals surface area contributed by atoms with Crippen LogP contribution in [-0.2, 0) is 0 Å². The lowest BCUT2D eigenvalue weighted by atomic mass is 9.90. The van der Waals surface area contributed by atoms with Crippen LogP contribution in [0.3, 0.4) is 0 Å². The van der Waals surface area contributed by atoms with Crippen LogP contribution in [0, 0.1) is 0 Å². The number of benzene rings is 8. The van der Waals surface area contributed by atoms with E-state index in [0.29, 0.717) is 0 Å². The van der Waals surface area contributed by atoms with Gasteiger partial charge in [-0.3, -0.25) is 0 Å². The number of para-hydroxylation sites is 1. The summed E-state index contributed by atoms with van der Waals surface area (Å²) in [7, 11) is 0. The molecule has 3 nitrogen and oxygen atoms in total. The number of aromatic nitrogens is 2. The highest BCUT2D eigenvalue weighted by molar-refractivity contribution is 6.33. The quantitative estimate of drug-likeness (QED) is 0.144. The van der Waals surface area contributed by atoms with Crippen molar-refractivity contribution >= 4 is 92.6 Å². The third-order valence-corrected chi connectivity index (χ3v) is 10.6. The second-order valence-corrected chi connectivity index (χ2v) is 12.9. The Hall–Kier alpha value is -6.32. The topological polar surface area (TPSA) is 22.5 Å². The summed E-state index contributed by atoms with van der Waals surface area (Å²) in [5.41, 5.74) is 11.5. The molecule has 0 aliphatic carbocycles. The lowest BCUT2D eigenvalue weighted by Gasteiger charge is -2.27. The number of pyridine rings is 2. The molecular formula is C44H24N2O. The third-order valence-electron chi connectivity index (χ3n) is 10.6. The van der Waals surface area contributed by atoms with Crippen LogP contribution in [0.15, 0.2) is 150 Å². The Morgan fingerprint density at radius 1 is 0.383 bits per heavy atom. The van der Waals surface area contributed by atoms with Crippen LogP contribution in [0.25, 0.3) is 109 Å². The first-order chi connectivity index (χ1) is 23.3. The van der Waals surface area contributed by atoms with Crippen LogP contribution >= 0.6 is 0 Å². The fourth-order valence-electron chi connectivity index (χ4n) is 8.71. The molecule has 0 aliphatic rings. The standard InChI is InChI=1S/C44H24N2O/c1-2-9-25(10-3-1)28-23-32-29-14-6-11-26-19-21-35-43(39(26)29)46-42(32)33(24-28)30-15-7-12-27-20-22-36(44(46)40(27)30)45(35)34-16-8-18-38-41(34)31-13-4-5-17-37(31)47-38/h1-24H. The van der Waals surface area contributed by atoms with E-state index in [-0.39, 0.29) is 0 Å². The van der Waals surface area contributed by atoms with E-state index in [2.05, 4.69) is 148 Å². The highest BCUT2D eigenvalue weighted by atomic mass is 16.3. The zero-order valence-corrected chi connectivity index (χ0v) is 25.2. The Labute approximate surface area is 267 Å². The largest absolute Gasteiger partial charge is 0.456 e. The Kier molecular flexibility index (Phi) is 4.22. The molecule has 0 radical (unpaired) electrons. The number of rotatable bonds is 2. The lowest BCUT2D eigenvalue weighted by Crippen LogP contribution is -2.09. The molecule has 0 saturated carbocycles. The molecule has 12 rings (SSSR count). The van der Waals surface area contributed by atoms with Gasteiger partial charge in [-0.2, -0.15) is 0 Å². The summed E-state index contributed by atoms with van der Waals surface area (Å²) >= 11 is 0. The maximum atomic E-state index is 6.42. The molecule has 12 aromatic rings. The van der Waals surface area contributed by atoms with Gasteiger partial charge in [-0.25, -0.2) is 0 Å². The van der Waals surface area contributed by atoms with Crippen molar-refractivity contribution in [2.75, 3.05) is 0 Å². The second-order valence-electron chi connectivity index (χ2n) is 12.9. The lowest BCUT2D eigenvalue weighted by molar-refractivity contribution is 0.669. The fraction of sp³-hybridized carbons (Fsp3) is 0. The predicted molar refractivity (Wildman–Crippen MR) is 197 cm³/mol. The Morgan fingerprint density at radius 2 is 0.979 bits per heavy atom. The summed E-state index contributed by atoms with van der Waals surface area (Å²) in [5, 5.41) is 12.5. The van der Waals surface area contributed by atoms with Gasteiger partial charge in [0.25, 0.3) is 0 Å². The third kappa shape index (κ3) is 2.85. The summed E-state index contributed by atoms with van der Waals surface area (Å²) in [4.78, 5) is 0. The van der Waals surface area contributed by atoms with Crippen molar-refractivity contribution in [2.45, 2.75) is 0 Å². The van der Waals surface area contributed by atoms with Gasteiger partial charge in [0, 0.05) is 26.9 Å². The number of furan rings is 1. The summed E-state index contributed by atoms with van der Waals surface area (Å²) in [5.74, 6) is 0. The average molecular weight is 597 g/mol. The Morgan fingerprint density at radius 3 is 1.68 bits per heavy atom. The first-order valence-corrected chi connectivity index (χ1v) is 16.2. The van der Waals surface area contributed by atoms with Crippen molar-refractivity contribution in [3.05, 3.63) is 146 Å². The van der Waals surface area contributed by atoms with Crippen molar-refractivity contribution in [1.82, 2.24) is 8.97 Å². The van der Waals surface area contributed by atoms with Crippen molar-refractivity contribution in [3.63, 3.8) is 0 Å². The average Bonchev–Trinajstić information content (AvgIpc) is 3.52. The van der Waals surface area contributed by atoms with Crippen molar-refractivity contribution in [3.8, 4) is 16.8 Å². The Balaban J connectivity index is 1.41. The molecule has 0 unspecified atom stereocenters.